The molecular formula is C12H10F3NO3. The van der Waals surface area contributed by atoms with Gasteiger partial charge in [-0.3, -0.25) is 4.79 Å². The number of anilines is 1. The molecule has 0 aliphatic rings. The molecule has 102 valence electrons. The summed E-state index contributed by atoms with van der Waals surface area (Å²) in [5.41, 5.74) is -1.91. The van der Waals surface area contributed by atoms with Gasteiger partial charge in [0.15, 0.2) is 0 Å². The summed E-state index contributed by atoms with van der Waals surface area (Å²) in [6, 6.07) is 2.14. The third-order valence-corrected chi connectivity index (χ3v) is 2.09. The topological polar surface area (TPSA) is 66.4 Å². The number of carboxylic acid groups (broad SMARTS) is 1. The third-order valence-electron chi connectivity index (χ3n) is 2.09. The van der Waals surface area contributed by atoms with E-state index in [-0.39, 0.29) is 5.69 Å². The predicted octanol–water partition coefficient (Wildman–Crippen LogP) is 2.92. The highest BCUT2D eigenvalue weighted by Crippen LogP contribution is 2.32. The second-order valence-electron chi connectivity index (χ2n) is 3.59. The molecule has 1 rings (SSSR count). The Morgan fingerprint density at radius 3 is 2.37 bits per heavy atom. The number of allylic oxidation sites excluding steroid dienone is 1. The average Bonchev–Trinajstić information content (AvgIpc) is 2.27. The quantitative estimate of drug-likeness (QED) is 0.832. The summed E-state index contributed by atoms with van der Waals surface area (Å²) >= 11 is 0. The van der Waals surface area contributed by atoms with Gasteiger partial charge in [-0.05, 0) is 31.2 Å². The van der Waals surface area contributed by atoms with Gasteiger partial charge < -0.3 is 10.4 Å². The zero-order valence-corrected chi connectivity index (χ0v) is 9.78. The zero-order chi connectivity index (χ0) is 14.6. The summed E-state index contributed by atoms with van der Waals surface area (Å²) in [5, 5.41) is 10.9. The molecule has 0 saturated carbocycles. The summed E-state index contributed by atoms with van der Waals surface area (Å²) in [6.07, 6.45) is -2.17. The van der Waals surface area contributed by atoms with Crippen LogP contribution in [-0.4, -0.2) is 17.0 Å². The molecule has 0 bridgehead atoms. The van der Waals surface area contributed by atoms with Crippen LogP contribution in [0.4, 0.5) is 18.9 Å². The Morgan fingerprint density at radius 2 is 1.89 bits per heavy atom. The Kier molecular flexibility index (Phi) is 4.31. The number of hydrogen-bond acceptors (Lipinski definition) is 2. The first kappa shape index (κ1) is 14.7. The number of carboxylic acids is 1. The second-order valence-corrected chi connectivity index (χ2v) is 3.59. The van der Waals surface area contributed by atoms with Gasteiger partial charge in [-0.25, -0.2) is 4.79 Å². The van der Waals surface area contributed by atoms with Crippen molar-refractivity contribution in [2.24, 2.45) is 0 Å². The van der Waals surface area contributed by atoms with Crippen LogP contribution in [-0.2, 0) is 11.0 Å². The van der Waals surface area contributed by atoms with E-state index in [2.05, 4.69) is 5.32 Å². The molecule has 4 nitrogen and oxygen atoms in total. The molecule has 0 aromatic heterocycles. The third kappa shape index (κ3) is 4.13. The van der Waals surface area contributed by atoms with Crippen molar-refractivity contribution in [2.45, 2.75) is 13.1 Å². The van der Waals surface area contributed by atoms with E-state index in [4.69, 9.17) is 5.11 Å². The first-order valence-corrected chi connectivity index (χ1v) is 5.13. The minimum atomic E-state index is -4.69. The smallest absolute Gasteiger partial charge is 0.416 e. The van der Waals surface area contributed by atoms with E-state index in [9.17, 15) is 22.8 Å². The molecular weight excluding hydrogens is 263 g/mol. The largest absolute Gasteiger partial charge is 0.478 e. The summed E-state index contributed by atoms with van der Waals surface area (Å²) in [5.74, 6) is -2.15. The predicted molar refractivity (Wildman–Crippen MR) is 61.8 cm³/mol. The number of hydrogen-bond donors (Lipinski definition) is 2. The van der Waals surface area contributed by atoms with Gasteiger partial charge in [-0.15, -0.1) is 0 Å². The SMILES string of the molecule is CC=CC(=O)Nc1cc(C(=O)O)cc(C(F)(F)F)c1. The number of nitrogens with one attached hydrogen (secondary N) is 1. The molecule has 2 N–H and O–H groups in total. The molecule has 1 aromatic carbocycles. The Morgan fingerprint density at radius 1 is 1.26 bits per heavy atom. The number of rotatable bonds is 3. The van der Waals surface area contributed by atoms with Gasteiger partial charge in [0, 0.05) is 5.69 Å². The molecule has 7 heteroatoms. The van der Waals surface area contributed by atoms with Crippen LogP contribution >= 0.6 is 0 Å². The fourth-order valence-electron chi connectivity index (χ4n) is 1.32. The summed E-state index contributed by atoms with van der Waals surface area (Å²) in [7, 11) is 0. The van der Waals surface area contributed by atoms with Crippen LogP contribution in [0.1, 0.15) is 22.8 Å². The summed E-state index contributed by atoms with van der Waals surface area (Å²) in [4.78, 5) is 22.0. The number of carbonyl (C=O) groups is 2. The Labute approximate surface area is 106 Å². The van der Waals surface area contributed by atoms with Gasteiger partial charge in [0.2, 0.25) is 5.91 Å². The van der Waals surface area contributed by atoms with Gasteiger partial charge in [0.1, 0.15) is 0 Å². The molecule has 0 unspecified atom stereocenters. The molecule has 19 heavy (non-hydrogen) atoms. The lowest BCUT2D eigenvalue weighted by Gasteiger charge is -2.10. The van der Waals surface area contributed by atoms with Crippen molar-refractivity contribution in [1.82, 2.24) is 0 Å². The molecule has 0 heterocycles. The van der Waals surface area contributed by atoms with Gasteiger partial charge in [-0.1, -0.05) is 6.08 Å². The van der Waals surface area contributed by atoms with Crippen molar-refractivity contribution >= 4 is 17.6 Å². The Balaban J connectivity index is 3.21. The lowest BCUT2D eigenvalue weighted by atomic mass is 10.1. The van der Waals surface area contributed by atoms with Crippen LogP contribution in [0.3, 0.4) is 0 Å². The number of aromatic carboxylic acids is 1. The minimum Gasteiger partial charge on any atom is -0.478 e. The van der Waals surface area contributed by atoms with E-state index in [0.717, 1.165) is 12.1 Å². The van der Waals surface area contributed by atoms with E-state index in [1.54, 1.807) is 6.92 Å². The van der Waals surface area contributed by atoms with Crippen LogP contribution < -0.4 is 5.32 Å². The molecule has 1 amide bonds. The molecule has 0 atom stereocenters. The number of amides is 1. The first-order chi connectivity index (χ1) is 8.74. The van der Waals surface area contributed by atoms with Gasteiger partial charge >= 0.3 is 12.1 Å². The monoisotopic (exact) mass is 273 g/mol. The van der Waals surface area contributed by atoms with E-state index >= 15 is 0 Å². The van der Waals surface area contributed by atoms with Gasteiger partial charge in [-0.2, -0.15) is 13.2 Å². The molecule has 1 aromatic rings. The number of halogens is 3. The van der Waals surface area contributed by atoms with E-state index in [1.807, 2.05) is 0 Å². The van der Waals surface area contributed by atoms with Gasteiger partial charge in [0.05, 0.1) is 11.1 Å². The molecule has 0 saturated heterocycles. The molecule has 0 aliphatic heterocycles. The highest BCUT2D eigenvalue weighted by atomic mass is 19.4. The van der Waals surface area contributed by atoms with Gasteiger partial charge in [0.25, 0.3) is 0 Å². The van der Waals surface area contributed by atoms with Crippen LogP contribution in [0.25, 0.3) is 0 Å². The normalized spacial score (nSPS) is 11.6. The van der Waals surface area contributed by atoms with Crippen molar-refractivity contribution in [3.8, 4) is 0 Å². The first-order valence-electron chi connectivity index (χ1n) is 5.13. The average molecular weight is 273 g/mol. The molecule has 0 radical (unpaired) electrons. The standard InChI is InChI=1S/C12H10F3NO3/c1-2-3-10(17)16-9-5-7(11(18)19)4-8(6-9)12(13,14)15/h2-6H,1H3,(H,16,17)(H,18,19). The Bertz CT molecular complexity index is 536. The van der Waals surface area contributed by atoms with E-state index in [0.29, 0.717) is 12.1 Å². The Hall–Kier alpha value is -2.31. The van der Waals surface area contributed by atoms with Crippen LogP contribution in [0.5, 0.6) is 0 Å². The maximum atomic E-state index is 12.6. The lowest BCUT2D eigenvalue weighted by molar-refractivity contribution is -0.137. The van der Waals surface area contributed by atoms with Crippen molar-refractivity contribution in [3.63, 3.8) is 0 Å². The van der Waals surface area contributed by atoms with Crippen molar-refractivity contribution in [3.05, 3.63) is 41.5 Å². The maximum Gasteiger partial charge on any atom is 0.416 e. The zero-order valence-electron chi connectivity index (χ0n) is 9.78. The van der Waals surface area contributed by atoms with E-state index < -0.39 is 29.2 Å². The van der Waals surface area contributed by atoms with Crippen molar-refractivity contribution < 1.29 is 27.9 Å². The fourth-order valence-corrected chi connectivity index (χ4v) is 1.32. The molecule has 0 fully saturated rings. The number of alkyl halides is 3. The van der Waals surface area contributed by atoms with Crippen molar-refractivity contribution in [1.29, 1.82) is 0 Å². The van der Waals surface area contributed by atoms with Crippen LogP contribution in [0.2, 0.25) is 0 Å². The van der Waals surface area contributed by atoms with E-state index in [1.165, 1.54) is 6.08 Å². The molecule has 0 spiro atoms. The highest BCUT2D eigenvalue weighted by molar-refractivity contribution is 6.00. The summed E-state index contributed by atoms with van der Waals surface area (Å²) in [6.45, 7) is 1.56. The van der Waals surface area contributed by atoms with Crippen LogP contribution in [0.15, 0.2) is 30.4 Å². The van der Waals surface area contributed by atoms with Crippen molar-refractivity contribution in [2.75, 3.05) is 5.32 Å². The summed E-state index contributed by atoms with van der Waals surface area (Å²) < 4.78 is 37.7. The highest BCUT2D eigenvalue weighted by Gasteiger charge is 2.31. The fraction of sp³-hybridized carbons (Fsp3) is 0.167. The lowest BCUT2D eigenvalue weighted by Crippen LogP contribution is -2.12. The minimum absolute atomic E-state index is 0.227. The second kappa shape index (κ2) is 5.55. The number of benzene rings is 1. The number of carbonyl (C=O) groups excluding carboxylic acids is 1. The molecule has 0 aliphatic carbocycles. The maximum absolute atomic E-state index is 12.6. The van der Waals surface area contributed by atoms with Crippen LogP contribution in [0, 0.1) is 0 Å².